The number of rotatable bonds is 2. The first-order valence-electron chi connectivity index (χ1n) is 5.97. The molecule has 2 N–H and O–H groups in total. The third kappa shape index (κ3) is 2.00. The minimum atomic E-state index is -0.199. The number of aromatic hydroxyl groups is 1. The summed E-state index contributed by atoms with van der Waals surface area (Å²) in [5.41, 5.74) is 0.542. The Labute approximate surface area is 121 Å². The van der Waals surface area contributed by atoms with Crippen molar-refractivity contribution in [3.05, 3.63) is 27.3 Å². The van der Waals surface area contributed by atoms with Crippen LogP contribution in [0.15, 0.2) is 18.2 Å². The quantitative estimate of drug-likeness (QED) is 0.797. The van der Waals surface area contributed by atoms with Crippen LogP contribution in [0.3, 0.4) is 0 Å². The number of carbonyl (C=O) groups excluding carboxylic acids is 1. The van der Waals surface area contributed by atoms with E-state index in [1.807, 2.05) is 0 Å². The second kappa shape index (κ2) is 4.11. The summed E-state index contributed by atoms with van der Waals surface area (Å²) >= 11 is 2.13. The van der Waals surface area contributed by atoms with Crippen LogP contribution in [0, 0.1) is 14.4 Å². The minimum absolute atomic E-state index is 0.0316. The summed E-state index contributed by atoms with van der Waals surface area (Å²) in [6.45, 7) is 8.58. The molecule has 0 atom stereocenters. The molecular weight excluding hydrogens is 341 g/mol. The Morgan fingerprint density at radius 3 is 2.33 bits per heavy atom. The molecule has 0 bridgehead atoms. The minimum Gasteiger partial charge on any atom is -0.507 e. The zero-order valence-electron chi connectivity index (χ0n) is 11.0. The molecule has 0 radical (unpaired) electrons. The van der Waals surface area contributed by atoms with Gasteiger partial charge in [0.05, 0.1) is 5.56 Å². The highest BCUT2D eigenvalue weighted by Gasteiger charge is 2.65. The van der Waals surface area contributed by atoms with Crippen LogP contribution in [0.1, 0.15) is 38.1 Å². The van der Waals surface area contributed by atoms with Gasteiger partial charge in [0.25, 0.3) is 5.91 Å². The van der Waals surface area contributed by atoms with Gasteiger partial charge in [0.1, 0.15) is 5.75 Å². The van der Waals surface area contributed by atoms with Gasteiger partial charge < -0.3 is 10.4 Å². The Balaban J connectivity index is 2.17. The summed E-state index contributed by atoms with van der Waals surface area (Å²) in [6, 6.07) is 5.18. The van der Waals surface area contributed by atoms with E-state index in [2.05, 4.69) is 55.6 Å². The first-order valence-corrected chi connectivity index (χ1v) is 7.05. The zero-order valence-corrected chi connectivity index (χ0v) is 13.2. The average molecular weight is 359 g/mol. The van der Waals surface area contributed by atoms with E-state index in [0.717, 1.165) is 3.57 Å². The van der Waals surface area contributed by atoms with Crippen molar-refractivity contribution in [3.8, 4) is 5.75 Å². The molecule has 0 aliphatic heterocycles. The number of hydrogen-bond acceptors (Lipinski definition) is 2. The van der Waals surface area contributed by atoms with Gasteiger partial charge in [-0.25, -0.2) is 0 Å². The Kier molecular flexibility index (Phi) is 3.12. The Hall–Kier alpha value is -0.780. The van der Waals surface area contributed by atoms with Crippen molar-refractivity contribution in [2.45, 2.75) is 33.7 Å². The third-order valence-corrected chi connectivity index (χ3v) is 5.17. The molecule has 1 aromatic carbocycles. The summed E-state index contributed by atoms with van der Waals surface area (Å²) < 4.78 is 0.935. The maximum Gasteiger partial charge on any atom is 0.255 e. The monoisotopic (exact) mass is 359 g/mol. The largest absolute Gasteiger partial charge is 0.507 e. The van der Waals surface area contributed by atoms with Crippen molar-refractivity contribution < 1.29 is 9.90 Å². The lowest BCUT2D eigenvalue weighted by Gasteiger charge is -2.08. The summed E-state index contributed by atoms with van der Waals surface area (Å²) in [5, 5.41) is 12.8. The lowest BCUT2D eigenvalue weighted by Crippen LogP contribution is -2.29. The topological polar surface area (TPSA) is 49.3 Å². The van der Waals surface area contributed by atoms with Gasteiger partial charge in [-0.2, -0.15) is 0 Å². The van der Waals surface area contributed by atoms with Crippen LogP contribution in [0.4, 0.5) is 0 Å². The number of carbonyl (C=O) groups is 1. The van der Waals surface area contributed by atoms with E-state index in [4.69, 9.17) is 0 Å². The third-order valence-electron chi connectivity index (χ3n) is 4.50. The second-order valence-corrected chi connectivity index (χ2v) is 7.26. The Morgan fingerprint density at radius 1 is 1.28 bits per heavy atom. The lowest BCUT2D eigenvalue weighted by atomic mass is 10.0. The second-order valence-electron chi connectivity index (χ2n) is 6.01. The van der Waals surface area contributed by atoms with E-state index in [9.17, 15) is 9.90 Å². The van der Waals surface area contributed by atoms with Crippen LogP contribution in [0.25, 0.3) is 0 Å². The van der Waals surface area contributed by atoms with Gasteiger partial charge in [-0.15, -0.1) is 0 Å². The highest BCUT2D eigenvalue weighted by molar-refractivity contribution is 14.1. The van der Waals surface area contributed by atoms with Gasteiger partial charge in [-0.3, -0.25) is 4.79 Å². The van der Waals surface area contributed by atoms with E-state index in [1.54, 1.807) is 18.2 Å². The fraction of sp³-hybridized carbons (Fsp3) is 0.500. The molecular formula is C14H18INO2. The van der Waals surface area contributed by atoms with Gasteiger partial charge in [-0.05, 0) is 51.6 Å². The van der Waals surface area contributed by atoms with Crippen LogP contribution < -0.4 is 5.32 Å². The maximum atomic E-state index is 12.2. The fourth-order valence-corrected chi connectivity index (χ4v) is 2.95. The smallest absolute Gasteiger partial charge is 0.255 e. The number of benzene rings is 1. The predicted octanol–water partition coefficient (Wildman–Crippen LogP) is 3.16. The molecule has 1 amide bonds. The number of nitrogens with one attached hydrogen (secondary N) is 1. The maximum absolute atomic E-state index is 12.2. The molecule has 0 heterocycles. The van der Waals surface area contributed by atoms with Crippen LogP contribution >= 0.6 is 22.6 Å². The van der Waals surface area contributed by atoms with Gasteiger partial charge in [0.15, 0.2) is 0 Å². The van der Waals surface area contributed by atoms with Crippen molar-refractivity contribution in [1.82, 2.24) is 5.32 Å². The summed E-state index contributed by atoms with van der Waals surface area (Å²) in [7, 11) is 0. The highest BCUT2D eigenvalue weighted by Crippen LogP contribution is 2.62. The summed E-state index contributed by atoms with van der Waals surface area (Å²) in [4.78, 5) is 12.2. The van der Waals surface area contributed by atoms with Gasteiger partial charge >= 0.3 is 0 Å². The first kappa shape index (κ1) is 13.6. The zero-order chi connectivity index (χ0) is 13.7. The number of phenolic OH excluding ortho intramolecular Hbond substituents is 1. The van der Waals surface area contributed by atoms with Crippen molar-refractivity contribution >= 4 is 28.5 Å². The van der Waals surface area contributed by atoms with Crippen LogP contribution in [0.5, 0.6) is 5.75 Å². The molecule has 1 aliphatic carbocycles. The normalized spacial score (nSPS) is 20.5. The molecule has 1 aliphatic rings. The molecule has 1 fully saturated rings. The van der Waals surface area contributed by atoms with Crippen LogP contribution in [0.2, 0.25) is 0 Å². The van der Waals surface area contributed by atoms with Crippen molar-refractivity contribution in [2.75, 3.05) is 0 Å². The molecule has 0 spiro atoms. The lowest BCUT2D eigenvalue weighted by molar-refractivity contribution is 0.0941. The van der Waals surface area contributed by atoms with Crippen LogP contribution in [-0.2, 0) is 0 Å². The van der Waals surface area contributed by atoms with Gasteiger partial charge in [0, 0.05) is 9.61 Å². The van der Waals surface area contributed by atoms with E-state index < -0.39 is 0 Å². The molecule has 0 saturated heterocycles. The van der Waals surface area contributed by atoms with Crippen molar-refractivity contribution in [1.29, 1.82) is 0 Å². The van der Waals surface area contributed by atoms with Crippen molar-refractivity contribution in [3.63, 3.8) is 0 Å². The standard InChI is InChI=1S/C14H18INO2/c1-13(2)12(14(13,3)4)16-11(18)9-7-8(15)5-6-10(9)17/h5-7,12,17H,1-4H3,(H,16,18). The van der Waals surface area contributed by atoms with Crippen LogP contribution in [-0.4, -0.2) is 17.1 Å². The Bertz CT molecular complexity index is 495. The molecule has 2 rings (SSSR count). The summed E-state index contributed by atoms with van der Waals surface area (Å²) in [5.74, 6) is -0.168. The van der Waals surface area contributed by atoms with Gasteiger partial charge in [-0.1, -0.05) is 27.7 Å². The number of halogens is 1. The Morgan fingerprint density at radius 2 is 1.83 bits per heavy atom. The molecule has 1 saturated carbocycles. The molecule has 0 aromatic heterocycles. The van der Waals surface area contributed by atoms with E-state index in [1.165, 1.54) is 0 Å². The van der Waals surface area contributed by atoms with E-state index in [0.29, 0.717) is 5.56 Å². The van der Waals surface area contributed by atoms with Crippen molar-refractivity contribution in [2.24, 2.45) is 10.8 Å². The molecule has 18 heavy (non-hydrogen) atoms. The number of hydrogen-bond donors (Lipinski definition) is 2. The molecule has 0 unspecified atom stereocenters. The van der Waals surface area contributed by atoms with E-state index in [-0.39, 0.29) is 28.5 Å². The fourth-order valence-electron chi connectivity index (χ4n) is 2.46. The molecule has 98 valence electrons. The molecule has 3 nitrogen and oxygen atoms in total. The first-order chi connectivity index (χ1) is 8.18. The molecule has 4 heteroatoms. The van der Waals surface area contributed by atoms with Gasteiger partial charge in [0.2, 0.25) is 0 Å². The van der Waals surface area contributed by atoms with E-state index >= 15 is 0 Å². The average Bonchev–Trinajstić information content (AvgIpc) is 2.64. The predicted molar refractivity (Wildman–Crippen MR) is 79.6 cm³/mol. The SMILES string of the molecule is CC1(C)C(NC(=O)c2cc(I)ccc2O)C1(C)C. The summed E-state index contributed by atoms with van der Waals surface area (Å²) in [6.07, 6.45) is 0. The number of amides is 1. The molecule has 1 aromatic rings. The highest BCUT2D eigenvalue weighted by atomic mass is 127. The number of phenols is 1.